The molecule has 0 saturated heterocycles. The van der Waals surface area contributed by atoms with Crippen LogP contribution in [0.15, 0.2) is 66.1 Å². The number of benzene rings is 2. The van der Waals surface area contributed by atoms with E-state index in [2.05, 4.69) is 10.3 Å². The van der Waals surface area contributed by atoms with Crippen LogP contribution in [0, 0.1) is 5.82 Å². The number of nitrogens with one attached hydrogen (secondary N) is 1. The summed E-state index contributed by atoms with van der Waals surface area (Å²) in [6.07, 6.45) is 3.36. The van der Waals surface area contributed by atoms with Crippen molar-refractivity contribution in [1.29, 1.82) is 0 Å². The Morgan fingerprint density at radius 1 is 1.17 bits per heavy atom. The Bertz CT molecular complexity index is 931. The maximum atomic E-state index is 13.4. The van der Waals surface area contributed by atoms with Gasteiger partial charge in [0.25, 0.3) is 0 Å². The van der Waals surface area contributed by atoms with Crippen molar-refractivity contribution in [2.45, 2.75) is 12.1 Å². The molecular formula is C21H22FN3O3S. The maximum absolute atomic E-state index is 13.4. The largest absolute Gasteiger partial charge is 0.494 e. The predicted octanol–water partition coefficient (Wildman–Crippen LogP) is 3.70. The smallest absolute Gasteiger partial charge is 0.230 e. The third-order valence-electron chi connectivity index (χ3n) is 3.85. The third-order valence-corrected chi connectivity index (χ3v) is 4.82. The molecule has 0 spiro atoms. The van der Waals surface area contributed by atoms with Gasteiger partial charge in [-0.1, -0.05) is 17.8 Å². The minimum atomic E-state index is -0.322. The van der Waals surface area contributed by atoms with Crippen LogP contribution < -0.4 is 14.8 Å². The number of thioether (sulfide) groups is 1. The SMILES string of the molecule is CCOc1ccc(OCCNC(=O)CSc2nccn2-c2cccc(F)c2)cc1. The number of aromatic nitrogens is 2. The molecule has 2 aromatic carbocycles. The van der Waals surface area contributed by atoms with Crippen LogP contribution in [-0.2, 0) is 4.79 Å². The molecule has 1 N–H and O–H groups in total. The quantitative estimate of drug-likeness (QED) is 0.404. The second-order valence-corrected chi connectivity index (χ2v) is 6.89. The summed E-state index contributed by atoms with van der Waals surface area (Å²) in [5.41, 5.74) is 0.661. The lowest BCUT2D eigenvalue weighted by atomic mass is 10.3. The average Bonchev–Trinajstić information content (AvgIpc) is 3.20. The molecule has 0 aliphatic rings. The Morgan fingerprint density at radius 3 is 2.66 bits per heavy atom. The molecule has 0 unspecified atom stereocenters. The Balaban J connectivity index is 1.40. The van der Waals surface area contributed by atoms with Gasteiger partial charge in [0.1, 0.15) is 23.9 Å². The van der Waals surface area contributed by atoms with Gasteiger partial charge in [-0.05, 0) is 49.4 Å². The summed E-state index contributed by atoms with van der Waals surface area (Å²) in [6, 6.07) is 13.6. The van der Waals surface area contributed by atoms with Gasteiger partial charge in [0.05, 0.1) is 24.6 Å². The number of nitrogens with zero attached hydrogens (tertiary/aromatic N) is 2. The van der Waals surface area contributed by atoms with E-state index >= 15 is 0 Å². The van der Waals surface area contributed by atoms with E-state index in [4.69, 9.17) is 9.47 Å². The van der Waals surface area contributed by atoms with Gasteiger partial charge < -0.3 is 14.8 Å². The molecule has 29 heavy (non-hydrogen) atoms. The summed E-state index contributed by atoms with van der Waals surface area (Å²) in [5.74, 6) is 1.27. The number of ether oxygens (including phenoxy) is 2. The molecule has 3 aromatic rings. The molecule has 3 rings (SSSR count). The van der Waals surface area contributed by atoms with Crippen LogP contribution in [0.25, 0.3) is 5.69 Å². The van der Waals surface area contributed by atoms with E-state index in [0.717, 1.165) is 5.75 Å². The Labute approximate surface area is 173 Å². The van der Waals surface area contributed by atoms with E-state index in [0.29, 0.717) is 36.4 Å². The van der Waals surface area contributed by atoms with Crippen molar-refractivity contribution in [2.24, 2.45) is 0 Å². The van der Waals surface area contributed by atoms with E-state index in [1.165, 1.54) is 23.9 Å². The van der Waals surface area contributed by atoms with Crippen molar-refractivity contribution in [3.8, 4) is 17.2 Å². The van der Waals surface area contributed by atoms with Gasteiger partial charge in [-0.15, -0.1) is 0 Å². The van der Waals surface area contributed by atoms with Crippen LogP contribution in [0.4, 0.5) is 4.39 Å². The van der Waals surface area contributed by atoms with Crippen molar-refractivity contribution in [1.82, 2.24) is 14.9 Å². The number of amides is 1. The van der Waals surface area contributed by atoms with Crippen LogP contribution in [-0.4, -0.2) is 41.0 Å². The molecule has 1 aromatic heterocycles. The second-order valence-electron chi connectivity index (χ2n) is 5.95. The first kappa shape index (κ1) is 20.7. The highest BCUT2D eigenvalue weighted by molar-refractivity contribution is 7.99. The lowest BCUT2D eigenvalue weighted by Crippen LogP contribution is -2.29. The van der Waals surface area contributed by atoms with Gasteiger partial charge >= 0.3 is 0 Å². The molecule has 0 bridgehead atoms. The maximum Gasteiger partial charge on any atom is 0.230 e. The zero-order valence-electron chi connectivity index (χ0n) is 16.0. The lowest BCUT2D eigenvalue weighted by Gasteiger charge is -2.09. The van der Waals surface area contributed by atoms with Crippen molar-refractivity contribution >= 4 is 17.7 Å². The van der Waals surface area contributed by atoms with Crippen LogP contribution in [0.2, 0.25) is 0 Å². The van der Waals surface area contributed by atoms with Crippen LogP contribution >= 0.6 is 11.8 Å². The Hall–Kier alpha value is -3.00. The monoisotopic (exact) mass is 415 g/mol. The zero-order chi connectivity index (χ0) is 20.5. The molecule has 1 heterocycles. The van der Waals surface area contributed by atoms with Gasteiger partial charge in [0, 0.05) is 12.4 Å². The lowest BCUT2D eigenvalue weighted by molar-refractivity contribution is -0.118. The molecule has 0 radical (unpaired) electrons. The first-order chi connectivity index (χ1) is 14.2. The number of rotatable bonds is 10. The minimum Gasteiger partial charge on any atom is -0.494 e. The van der Waals surface area contributed by atoms with Crippen LogP contribution in [0.3, 0.4) is 0 Å². The fourth-order valence-corrected chi connectivity index (χ4v) is 3.36. The fraction of sp³-hybridized carbons (Fsp3) is 0.238. The highest BCUT2D eigenvalue weighted by Crippen LogP contribution is 2.21. The molecule has 0 fully saturated rings. The Kier molecular flexibility index (Phi) is 7.52. The van der Waals surface area contributed by atoms with Crippen LogP contribution in [0.5, 0.6) is 11.5 Å². The molecule has 0 saturated carbocycles. The third kappa shape index (κ3) is 6.25. The van der Waals surface area contributed by atoms with E-state index in [9.17, 15) is 9.18 Å². The summed E-state index contributed by atoms with van der Waals surface area (Å²) >= 11 is 1.29. The number of halogens is 1. The molecular weight excluding hydrogens is 393 g/mol. The molecule has 152 valence electrons. The molecule has 0 aliphatic carbocycles. The molecule has 0 atom stereocenters. The molecule has 0 aliphatic heterocycles. The van der Waals surface area contributed by atoms with Crippen molar-refractivity contribution in [2.75, 3.05) is 25.5 Å². The summed E-state index contributed by atoms with van der Waals surface area (Å²) in [4.78, 5) is 16.3. The zero-order valence-corrected chi connectivity index (χ0v) is 16.8. The number of hydrogen-bond donors (Lipinski definition) is 1. The van der Waals surface area contributed by atoms with Crippen molar-refractivity contribution < 1.29 is 18.7 Å². The van der Waals surface area contributed by atoms with E-state index in [1.807, 2.05) is 31.2 Å². The highest BCUT2D eigenvalue weighted by atomic mass is 32.2. The normalized spacial score (nSPS) is 10.6. The fourth-order valence-electron chi connectivity index (χ4n) is 2.56. The first-order valence-corrected chi connectivity index (χ1v) is 10.2. The number of carbonyl (C=O) groups excluding carboxylic acids is 1. The van der Waals surface area contributed by atoms with Gasteiger partial charge in [-0.25, -0.2) is 9.37 Å². The van der Waals surface area contributed by atoms with E-state index < -0.39 is 0 Å². The molecule has 6 nitrogen and oxygen atoms in total. The summed E-state index contributed by atoms with van der Waals surface area (Å²) in [7, 11) is 0. The van der Waals surface area contributed by atoms with E-state index in [-0.39, 0.29) is 17.5 Å². The topological polar surface area (TPSA) is 65.4 Å². The second kappa shape index (κ2) is 10.5. The average molecular weight is 415 g/mol. The predicted molar refractivity (Wildman–Crippen MR) is 110 cm³/mol. The van der Waals surface area contributed by atoms with Gasteiger partial charge in [0.15, 0.2) is 5.16 Å². The summed E-state index contributed by atoms with van der Waals surface area (Å²) in [5, 5.41) is 3.43. The number of imidazole rings is 1. The van der Waals surface area contributed by atoms with Crippen molar-refractivity contribution in [3.63, 3.8) is 0 Å². The van der Waals surface area contributed by atoms with Crippen LogP contribution in [0.1, 0.15) is 6.92 Å². The summed E-state index contributed by atoms with van der Waals surface area (Å²) < 4.78 is 26.2. The Morgan fingerprint density at radius 2 is 1.93 bits per heavy atom. The number of carbonyl (C=O) groups is 1. The summed E-state index contributed by atoms with van der Waals surface area (Å²) in [6.45, 7) is 3.31. The van der Waals surface area contributed by atoms with Gasteiger partial charge in [-0.3, -0.25) is 9.36 Å². The van der Waals surface area contributed by atoms with Gasteiger partial charge in [0.2, 0.25) is 5.91 Å². The molecule has 1 amide bonds. The first-order valence-electron chi connectivity index (χ1n) is 9.20. The van der Waals surface area contributed by atoms with E-state index in [1.54, 1.807) is 29.1 Å². The highest BCUT2D eigenvalue weighted by Gasteiger charge is 2.09. The standard InChI is InChI=1S/C21H22FN3O3S/c1-2-27-18-6-8-19(9-7-18)28-13-11-23-20(26)15-29-21-24-10-12-25(21)17-5-3-4-16(22)14-17/h3-10,12,14H,2,11,13,15H2,1H3,(H,23,26). The molecule has 8 heteroatoms. The number of hydrogen-bond acceptors (Lipinski definition) is 5. The van der Waals surface area contributed by atoms with Crippen molar-refractivity contribution in [3.05, 3.63) is 66.7 Å². The van der Waals surface area contributed by atoms with Gasteiger partial charge in [-0.2, -0.15) is 0 Å². The minimum absolute atomic E-state index is 0.126.